The Morgan fingerprint density at radius 3 is 2.41 bits per heavy atom. The average molecular weight is 418 g/mol. The Hall–Kier alpha value is -1.89. The third-order valence-electron chi connectivity index (χ3n) is 6.28. The maximum absolute atomic E-state index is 13.4. The number of likely N-dealkylation sites (tertiary alicyclic amines) is 1. The Morgan fingerprint density at radius 1 is 1.10 bits per heavy atom. The summed E-state index contributed by atoms with van der Waals surface area (Å²) in [6, 6.07) is 7.40. The zero-order valence-corrected chi connectivity index (χ0v) is 17.8. The molecule has 3 aliphatic rings. The SMILES string of the molecule is CN1CCC(N(C)C2=C(c3ccc(Cl)cc3)C(=O)N(CC3CCCO3)C2=O)CC1. The zero-order chi connectivity index (χ0) is 20.5. The molecule has 6 nitrogen and oxygen atoms in total. The van der Waals surface area contributed by atoms with Crippen molar-refractivity contribution in [3.8, 4) is 0 Å². The van der Waals surface area contributed by atoms with Crippen LogP contribution in [0.15, 0.2) is 30.0 Å². The number of benzene rings is 1. The number of nitrogens with zero attached hydrogens (tertiary/aromatic N) is 3. The van der Waals surface area contributed by atoms with Crippen LogP contribution in [0.1, 0.15) is 31.2 Å². The first kappa shape index (κ1) is 20.4. The van der Waals surface area contributed by atoms with Crippen molar-refractivity contribution in [1.29, 1.82) is 0 Å². The van der Waals surface area contributed by atoms with Crippen molar-refractivity contribution >= 4 is 29.0 Å². The number of piperidine rings is 1. The van der Waals surface area contributed by atoms with Crippen LogP contribution in [0.25, 0.3) is 5.57 Å². The Balaban J connectivity index is 1.67. The topological polar surface area (TPSA) is 53.1 Å². The van der Waals surface area contributed by atoms with E-state index in [0.29, 0.717) is 29.4 Å². The summed E-state index contributed by atoms with van der Waals surface area (Å²) in [6.45, 7) is 2.99. The first-order valence-electron chi connectivity index (χ1n) is 10.3. The van der Waals surface area contributed by atoms with Crippen LogP contribution in [-0.2, 0) is 14.3 Å². The highest BCUT2D eigenvalue weighted by Gasteiger charge is 2.43. The molecule has 2 fully saturated rings. The molecule has 0 N–H and O–H groups in total. The van der Waals surface area contributed by atoms with E-state index in [1.54, 1.807) is 12.1 Å². The van der Waals surface area contributed by atoms with E-state index in [0.717, 1.165) is 44.3 Å². The summed E-state index contributed by atoms with van der Waals surface area (Å²) in [5.41, 5.74) is 1.72. The van der Waals surface area contributed by atoms with Crippen LogP contribution in [0.5, 0.6) is 0 Å². The number of rotatable bonds is 5. The molecular formula is C22H28ClN3O3. The van der Waals surface area contributed by atoms with Gasteiger partial charge in [-0.05, 0) is 63.5 Å². The van der Waals surface area contributed by atoms with Gasteiger partial charge in [0.15, 0.2) is 0 Å². The fraction of sp³-hybridized carbons (Fsp3) is 0.545. The highest BCUT2D eigenvalue weighted by molar-refractivity contribution is 6.36. The molecule has 0 spiro atoms. The highest BCUT2D eigenvalue weighted by Crippen LogP contribution is 2.34. The molecule has 3 aliphatic heterocycles. The summed E-state index contributed by atoms with van der Waals surface area (Å²) in [7, 11) is 4.06. The van der Waals surface area contributed by atoms with Crippen molar-refractivity contribution in [2.24, 2.45) is 0 Å². The van der Waals surface area contributed by atoms with Crippen molar-refractivity contribution in [3.05, 3.63) is 40.5 Å². The third kappa shape index (κ3) is 4.06. The number of carbonyl (C=O) groups is 2. The van der Waals surface area contributed by atoms with Gasteiger partial charge in [0.1, 0.15) is 5.70 Å². The van der Waals surface area contributed by atoms with Crippen molar-refractivity contribution in [1.82, 2.24) is 14.7 Å². The Morgan fingerprint density at radius 2 is 1.79 bits per heavy atom. The predicted octanol–water partition coefficient (Wildman–Crippen LogP) is 2.62. The molecule has 0 aliphatic carbocycles. The number of hydrogen-bond acceptors (Lipinski definition) is 5. The van der Waals surface area contributed by atoms with Gasteiger partial charge in [0, 0.05) is 24.7 Å². The molecule has 1 aromatic carbocycles. The number of hydrogen-bond donors (Lipinski definition) is 0. The summed E-state index contributed by atoms with van der Waals surface area (Å²) >= 11 is 6.05. The van der Waals surface area contributed by atoms with Gasteiger partial charge in [-0.25, -0.2) is 0 Å². The van der Waals surface area contributed by atoms with Gasteiger partial charge in [0.05, 0.1) is 18.2 Å². The molecule has 156 valence electrons. The van der Waals surface area contributed by atoms with E-state index < -0.39 is 0 Å². The maximum Gasteiger partial charge on any atom is 0.277 e. The van der Waals surface area contributed by atoms with Gasteiger partial charge >= 0.3 is 0 Å². The van der Waals surface area contributed by atoms with Crippen LogP contribution in [0.3, 0.4) is 0 Å². The van der Waals surface area contributed by atoms with E-state index in [-0.39, 0.29) is 24.0 Å². The Labute approximate surface area is 177 Å². The fourth-order valence-electron chi connectivity index (χ4n) is 4.49. The molecule has 2 amide bonds. The van der Waals surface area contributed by atoms with E-state index in [1.807, 2.05) is 24.1 Å². The van der Waals surface area contributed by atoms with Gasteiger partial charge in [-0.15, -0.1) is 0 Å². The summed E-state index contributed by atoms with van der Waals surface area (Å²) in [6.07, 6.45) is 3.73. The lowest BCUT2D eigenvalue weighted by molar-refractivity contribution is -0.139. The van der Waals surface area contributed by atoms with Crippen molar-refractivity contribution in [2.45, 2.75) is 37.8 Å². The first-order valence-corrected chi connectivity index (χ1v) is 10.7. The second kappa shape index (κ2) is 8.46. The minimum Gasteiger partial charge on any atom is -0.376 e. The largest absolute Gasteiger partial charge is 0.376 e. The van der Waals surface area contributed by atoms with Crippen molar-refractivity contribution < 1.29 is 14.3 Å². The number of halogens is 1. The van der Waals surface area contributed by atoms with Crippen molar-refractivity contribution in [3.63, 3.8) is 0 Å². The van der Waals surface area contributed by atoms with Gasteiger partial charge in [-0.1, -0.05) is 23.7 Å². The minimum atomic E-state index is -0.234. The van der Waals surface area contributed by atoms with Crippen LogP contribution in [0, 0.1) is 0 Å². The van der Waals surface area contributed by atoms with Gasteiger partial charge in [0.25, 0.3) is 11.8 Å². The molecule has 1 atom stereocenters. The lowest BCUT2D eigenvalue weighted by atomic mass is 10.0. The van der Waals surface area contributed by atoms with Crippen LogP contribution < -0.4 is 0 Å². The molecule has 4 rings (SSSR count). The number of ether oxygens (including phenoxy) is 1. The van der Waals surface area contributed by atoms with Crippen LogP contribution in [0.4, 0.5) is 0 Å². The summed E-state index contributed by atoms with van der Waals surface area (Å²) in [5.74, 6) is -0.445. The summed E-state index contributed by atoms with van der Waals surface area (Å²) in [5, 5.41) is 0.604. The molecule has 2 saturated heterocycles. The lowest BCUT2D eigenvalue weighted by Crippen LogP contribution is -2.44. The van der Waals surface area contributed by atoms with Crippen LogP contribution >= 0.6 is 11.6 Å². The fourth-order valence-corrected chi connectivity index (χ4v) is 4.62. The number of imide groups is 1. The van der Waals surface area contributed by atoms with Crippen LogP contribution in [0.2, 0.25) is 5.02 Å². The molecule has 7 heteroatoms. The zero-order valence-electron chi connectivity index (χ0n) is 17.1. The second-order valence-electron chi connectivity index (χ2n) is 8.23. The predicted molar refractivity (Wildman–Crippen MR) is 112 cm³/mol. The quantitative estimate of drug-likeness (QED) is 0.689. The normalized spacial score (nSPS) is 24.1. The molecule has 0 saturated carbocycles. The molecule has 3 heterocycles. The van der Waals surface area contributed by atoms with E-state index >= 15 is 0 Å². The molecule has 1 aromatic rings. The van der Waals surface area contributed by atoms with Crippen molar-refractivity contribution in [2.75, 3.05) is 40.3 Å². The van der Waals surface area contributed by atoms with E-state index in [1.165, 1.54) is 4.90 Å². The smallest absolute Gasteiger partial charge is 0.277 e. The monoisotopic (exact) mass is 417 g/mol. The summed E-state index contributed by atoms with van der Waals surface area (Å²) < 4.78 is 5.69. The van der Waals surface area contributed by atoms with E-state index in [4.69, 9.17) is 16.3 Å². The minimum absolute atomic E-state index is 0.0673. The first-order chi connectivity index (χ1) is 14.0. The van der Waals surface area contributed by atoms with Gasteiger partial charge in [0.2, 0.25) is 0 Å². The second-order valence-corrected chi connectivity index (χ2v) is 8.67. The average Bonchev–Trinajstić information content (AvgIpc) is 3.31. The standard InChI is InChI=1S/C22H28ClN3O3/c1-24-11-9-17(10-12-24)25(2)20-19(15-5-7-16(23)8-6-15)21(27)26(22(20)28)14-18-4-3-13-29-18/h5-8,17-18H,3-4,9-14H2,1-2H3. The molecular weight excluding hydrogens is 390 g/mol. The van der Waals surface area contributed by atoms with E-state index in [2.05, 4.69) is 11.9 Å². The number of carbonyl (C=O) groups excluding carboxylic acids is 2. The molecule has 0 radical (unpaired) electrons. The number of amides is 2. The lowest BCUT2D eigenvalue weighted by Gasteiger charge is -2.36. The highest BCUT2D eigenvalue weighted by atomic mass is 35.5. The van der Waals surface area contributed by atoms with Crippen LogP contribution in [-0.4, -0.2) is 79.0 Å². The molecule has 1 unspecified atom stereocenters. The molecule has 0 bridgehead atoms. The maximum atomic E-state index is 13.4. The Kier molecular flexibility index (Phi) is 5.95. The van der Waals surface area contributed by atoms with Gasteiger partial charge in [-0.2, -0.15) is 0 Å². The molecule has 29 heavy (non-hydrogen) atoms. The number of likely N-dealkylation sites (N-methyl/N-ethyl adjacent to an activating group) is 1. The Bertz CT molecular complexity index is 809. The third-order valence-corrected chi connectivity index (χ3v) is 6.53. The van der Waals surface area contributed by atoms with Gasteiger partial charge < -0.3 is 14.5 Å². The molecule has 0 aromatic heterocycles. The summed E-state index contributed by atoms with van der Waals surface area (Å²) in [4.78, 5) is 32.5. The van der Waals surface area contributed by atoms with Gasteiger partial charge in [-0.3, -0.25) is 14.5 Å². The van der Waals surface area contributed by atoms with E-state index in [9.17, 15) is 9.59 Å².